The molecule has 0 aliphatic heterocycles. The van der Waals surface area contributed by atoms with Crippen molar-refractivity contribution in [2.75, 3.05) is 4.72 Å². The van der Waals surface area contributed by atoms with Crippen LogP contribution < -0.4 is 4.72 Å². The Morgan fingerprint density at radius 3 is 2.20 bits per heavy atom. The first-order chi connectivity index (χ1) is 11.9. The first-order valence-corrected chi connectivity index (χ1v) is 8.86. The lowest BCUT2D eigenvalue weighted by Gasteiger charge is -2.08. The van der Waals surface area contributed by atoms with Crippen molar-refractivity contribution >= 4 is 22.3 Å². The van der Waals surface area contributed by atoms with E-state index in [2.05, 4.69) is 14.7 Å². The zero-order valence-electron chi connectivity index (χ0n) is 13.6. The number of aryl methyl sites for hydroxylation is 2. The number of carbonyl (C=O) groups is 1. The second-order valence-electron chi connectivity index (χ2n) is 5.42. The summed E-state index contributed by atoms with van der Waals surface area (Å²) in [5.41, 5.74) is 2.00. The summed E-state index contributed by atoms with van der Waals surface area (Å²) in [5.74, 6) is 0.722. The molecule has 0 amide bonds. The molecule has 0 aliphatic carbocycles. The van der Waals surface area contributed by atoms with Crippen LogP contribution in [-0.2, 0) is 10.0 Å². The Hall–Kier alpha value is -3.00. The Kier molecular flexibility index (Phi) is 4.37. The number of hydrogen-bond donors (Lipinski definition) is 1. The van der Waals surface area contributed by atoms with Gasteiger partial charge >= 0.3 is 0 Å². The largest absolute Gasteiger partial charge is 0.453 e. The molecule has 25 heavy (non-hydrogen) atoms. The van der Waals surface area contributed by atoms with Crippen LogP contribution in [0.3, 0.4) is 0 Å². The van der Waals surface area contributed by atoms with Gasteiger partial charge in [-0.15, -0.1) is 0 Å². The Labute approximate surface area is 144 Å². The summed E-state index contributed by atoms with van der Waals surface area (Å²) >= 11 is 0. The van der Waals surface area contributed by atoms with Crippen LogP contribution in [-0.4, -0.2) is 24.7 Å². The number of benzene rings is 1. The number of aromatic nitrogens is 2. The fraction of sp³-hybridized carbons (Fsp3) is 0.118. The van der Waals surface area contributed by atoms with Crippen molar-refractivity contribution in [1.82, 2.24) is 9.97 Å². The molecule has 0 saturated heterocycles. The van der Waals surface area contributed by atoms with Gasteiger partial charge in [0.25, 0.3) is 10.0 Å². The fourth-order valence-corrected chi connectivity index (χ4v) is 3.26. The molecule has 0 aliphatic rings. The van der Waals surface area contributed by atoms with Crippen molar-refractivity contribution in [2.24, 2.45) is 0 Å². The summed E-state index contributed by atoms with van der Waals surface area (Å²) in [7, 11) is -3.81. The van der Waals surface area contributed by atoms with E-state index in [1.165, 1.54) is 12.1 Å². The molecule has 3 rings (SSSR count). The minimum Gasteiger partial charge on any atom is -0.453 e. The molecular formula is C17H15N3O4S. The lowest BCUT2D eigenvalue weighted by molar-refractivity contribution is 0.110. The first-order valence-electron chi connectivity index (χ1n) is 7.38. The summed E-state index contributed by atoms with van der Waals surface area (Å²) in [6, 6.07) is 11.0. The van der Waals surface area contributed by atoms with Crippen LogP contribution in [0.1, 0.15) is 21.9 Å². The number of nitrogens with zero attached hydrogens (tertiary/aromatic N) is 2. The van der Waals surface area contributed by atoms with Gasteiger partial charge in [0.1, 0.15) is 5.76 Å². The summed E-state index contributed by atoms with van der Waals surface area (Å²) in [6.07, 6.45) is 0.607. The molecule has 0 spiro atoms. The van der Waals surface area contributed by atoms with Gasteiger partial charge in [-0.25, -0.2) is 23.1 Å². The van der Waals surface area contributed by atoms with E-state index in [-0.39, 0.29) is 16.6 Å². The molecule has 1 aromatic carbocycles. The molecule has 0 saturated carbocycles. The van der Waals surface area contributed by atoms with Crippen LogP contribution >= 0.6 is 0 Å². The average molecular weight is 357 g/mol. The number of hydrogen-bond acceptors (Lipinski definition) is 6. The maximum atomic E-state index is 12.5. The number of furan rings is 1. The van der Waals surface area contributed by atoms with E-state index >= 15 is 0 Å². The van der Waals surface area contributed by atoms with Gasteiger partial charge in [0.05, 0.1) is 4.90 Å². The van der Waals surface area contributed by atoms with Crippen LogP contribution in [0.5, 0.6) is 0 Å². The van der Waals surface area contributed by atoms with Crippen molar-refractivity contribution in [3.8, 4) is 11.3 Å². The van der Waals surface area contributed by atoms with Crippen LogP contribution in [0.2, 0.25) is 0 Å². The number of anilines is 1. The summed E-state index contributed by atoms with van der Waals surface area (Å²) in [6.45, 7) is 3.52. The van der Waals surface area contributed by atoms with Gasteiger partial charge in [0, 0.05) is 17.0 Å². The van der Waals surface area contributed by atoms with E-state index in [0.717, 1.165) is 0 Å². The lowest BCUT2D eigenvalue weighted by Crippen LogP contribution is -2.15. The number of sulfonamides is 1. The highest BCUT2D eigenvalue weighted by Gasteiger charge is 2.16. The van der Waals surface area contributed by atoms with Crippen molar-refractivity contribution in [3.63, 3.8) is 0 Å². The quantitative estimate of drug-likeness (QED) is 0.704. The molecule has 0 unspecified atom stereocenters. The number of rotatable bonds is 5. The van der Waals surface area contributed by atoms with Gasteiger partial charge in [-0.2, -0.15) is 0 Å². The fourth-order valence-electron chi connectivity index (χ4n) is 2.32. The number of aldehydes is 1. The predicted molar refractivity (Wildman–Crippen MR) is 91.8 cm³/mol. The maximum absolute atomic E-state index is 12.5. The van der Waals surface area contributed by atoms with Crippen LogP contribution in [0.4, 0.5) is 5.95 Å². The third-order valence-electron chi connectivity index (χ3n) is 3.40. The molecule has 0 atom stereocenters. The zero-order chi connectivity index (χ0) is 18.0. The monoisotopic (exact) mass is 357 g/mol. The molecular weight excluding hydrogens is 342 g/mol. The standard InChI is InChI=1S/C17H15N3O4S/c1-11-9-12(2)19-17(18-11)20-25(22,23)15-6-3-13(4-7-15)16-8-5-14(10-21)24-16/h3-10H,1-2H3,(H,18,19,20). The van der Waals surface area contributed by atoms with Gasteiger partial charge in [-0.05, 0) is 56.3 Å². The van der Waals surface area contributed by atoms with Crippen LogP contribution in [0.25, 0.3) is 11.3 Å². The zero-order valence-corrected chi connectivity index (χ0v) is 14.4. The highest BCUT2D eigenvalue weighted by atomic mass is 32.2. The second kappa shape index (κ2) is 6.48. The van der Waals surface area contributed by atoms with E-state index in [0.29, 0.717) is 29.0 Å². The number of nitrogens with one attached hydrogen (secondary N) is 1. The molecule has 0 fully saturated rings. The topological polar surface area (TPSA) is 102 Å². The van der Waals surface area contributed by atoms with Crippen LogP contribution in [0, 0.1) is 13.8 Å². The smallest absolute Gasteiger partial charge is 0.264 e. The average Bonchev–Trinajstić information content (AvgIpc) is 3.02. The van der Waals surface area contributed by atoms with E-state index in [4.69, 9.17) is 4.42 Å². The van der Waals surface area contributed by atoms with Crippen LogP contribution in [0.15, 0.2) is 51.8 Å². The van der Waals surface area contributed by atoms with E-state index in [1.807, 2.05) is 0 Å². The molecule has 1 N–H and O–H groups in total. The third kappa shape index (κ3) is 3.74. The second-order valence-corrected chi connectivity index (χ2v) is 7.11. The molecule has 0 bridgehead atoms. The minimum atomic E-state index is -3.81. The Morgan fingerprint density at radius 1 is 1.00 bits per heavy atom. The highest BCUT2D eigenvalue weighted by molar-refractivity contribution is 7.92. The van der Waals surface area contributed by atoms with Crippen molar-refractivity contribution in [3.05, 3.63) is 59.6 Å². The van der Waals surface area contributed by atoms with Gasteiger partial charge in [0.2, 0.25) is 5.95 Å². The molecule has 128 valence electrons. The van der Waals surface area contributed by atoms with E-state index in [1.54, 1.807) is 44.2 Å². The SMILES string of the molecule is Cc1cc(C)nc(NS(=O)(=O)c2ccc(-c3ccc(C=O)o3)cc2)n1. The normalized spacial score (nSPS) is 11.3. The number of carbonyl (C=O) groups excluding carboxylic acids is 1. The summed E-state index contributed by atoms with van der Waals surface area (Å²) in [5, 5.41) is 0. The van der Waals surface area contributed by atoms with E-state index < -0.39 is 10.0 Å². The maximum Gasteiger partial charge on any atom is 0.264 e. The molecule has 2 heterocycles. The summed E-state index contributed by atoms with van der Waals surface area (Å²) in [4.78, 5) is 18.9. The van der Waals surface area contributed by atoms with Crippen molar-refractivity contribution in [1.29, 1.82) is 0 Å². The molecule has 0 radical (unpaired) electrons. The van der Waals surface area contributed by atoms with Crippen molar-refractivity contribution in [2.45, 2.75) is 18.7 Å². The van der Waals surface area contributed by atoms with Gasteiger partial charge < -0.3 is 4.42 Å². The Bertz CT molecular complexity index is 1000. The summed E-state index contributed by atoms with van der Waals surface area (Å²) < 4.78 is 32.6. The van der Waals surface area contributed by atoms with Crippen molar-refractivity contribution < 1.29 is 17.6 Å². The molecule has 2 aromatic heterocycles. The Morgan fingerprint density at radius 2 is 1.64 bits per heavy atom. The highest BCUT2D eigenvalue weighted by Crippen LogP contribution is 2.24. The minimum absolute atomic E-state index is 0.0308. The predicted octanol–water partition coefficient (Wildman–Crippen LogP) is 2.97. The molecule has 7 nitrogen and oxygen atoms in total. The van der Waals surface area contributed by atoms with E-state index in [9.17, 15) is 13.2 Å². The third-order valence-corrected chi connectivity index (χ3v) is 4.74. The van der Waals surface area contributed by atoms with Gasteiger partial charge in [0.15, 0.2) is 12.0 Å². The van der Waals surface area contributed by atoms with Gasteiger partial charge in [-0.3, -0.25) is 4.79 Å². The van der Waals surface area contributed by atoms with Gasteiger partial charge in [-0.1, -0.05) is 0 Å². The molecule has 8 heteroatoms. The Balaban J connectivity index is 1.86. The lowest BCUT2D eigenvalue weighted by atomic mass is 10.2. The molecule has 3 aromatic rings. The first kappa shape index (κ1) is 16.8.